The number of nitrogens with zero attached hydrogens (tertiary/aromatic N) is 2. The molecule has 1 saturated heterocycles. The van der Waals surface area contributed by atoms with E-state index in [1.165, 1.54) is 38.6 Å². The number of aliphatic imine (C=N–C) groups is 1. The summed E-state index contributed by atoms with van der Waals surface area (Å²) in [7, 11) is 0. The van der Waals surface area contributed by atoms with Gasteiger partial charge in [-0.1, -0.05) is 20.8 Å². The highest BCUT2D eigenvalue weighted by Crippen LogP contribution is 2.50. The maximum atomic E-state index is 6.02. The Balaban J connectivity index is 0.00000220. The van der Waals surface area contributed by atoms with Crippen LogP contribution in [0.25, 0.3) is 0 Å². The quantitative estimate of drug-likeness (QED) is 0.387. The van der Waals surface area contributed by atoms with E-state index < -0.39 is 0 Å². The highest BCUT2D eigenvalue weighted by atomic mass is 127. The third-order valence-corrected chi connectivity index (χ3v) is 4.81. The van der Waals surface area contributed by atoms with Crippen molar-refractivity contribution in [1.82, 2.24) is 10.2 Å². The van der Waals surface area contributed by atoms with Gasteiger partial charge in [0.15, 0.2) is 5.96 Å². The van der Waals surface area contributed by atoms with E-state index in [4.69, 9.17) is 5.73 Å². The largest absolute Gasteiger partial charge is 0.370 e. The summed E-state index contributed by atoms with van der Waals surface area (Å²) in [5.74, 6) is 1.40. The number of nitrogens with one attached hydrogen (secondary N) is 1. The lowest BCUT2D eigenvalue weighted by Gasteiger charge is -2.23. The third kappa shape index (κ3) is 5.93. The summed E-state index contributed by atoms with van der Waals surface area (Å²) in [6, 6.07) is 0.638. The van der Waals surface area contributed by atoms with Gasteiger partial charge >= 0.3 is 0 Å². The molecule has 0 bridgehead atoms. The van der Waals surface area contributed by atoms with Gasteiger partial charge in [0.1, 0.15) is 0 Å². The summed E-state index contributed by atoms with van der Waals surface area (Å²) < 4.78 is 0. The van der Waals surface area contributed by atoms with Gasteiger partial charge in [-0.25, -0.2) is 0 Å². The van der Waals surface area contributed by atoms with Crippen LogP contribution >= 0.6 is 24.0 Å². The van der Waals surface area contributed by atoms with Crippen molar-refractivity contribution < 1.29 is 0 Å². The molecule has 1 saturated carbocycles. The fourth-order valence-electron chi connectivity index (χ4n) is 3.54. The van der Waals surface area contributed by atoms with E-state index in [1.54, 1.807) is 0 Å². The Kier molecular flexibility index (Phi) is 7.74. The van der Waals surface area contributed by atoms with E-state index in [9.17, 15) is 0 Å². The van der Waals surface area contributed by atoms with Gasteiger partial charge in [-0.2, -0.15) is 0 Å². The smallest absolute Gasteiger partial charge is 0.188 e. The first kappa shape index (κ1) is 19.0. The van der Waals surface area contributed by atoms with Crippen LogP contribution in [0.3, 0.4) is 0 Å². The molecule has 0 amide bonds. The molecule has 0 aromatic rings. The monoisotopic (exact) mass is 408 g/mol. The van der Waals surface area contributed by atoms with Crippen molar-refractivity contribution in [2.45, 2.75) is 58.9 Å². The molecule has 4 nitrogen and oxygen atoms in total. The summed E-state index contributed by atoms with van der Waals surface area (Å²) >= 11 is 0. The molecule has 0 spiro atoms. The summed E-state index contributed by atoms with van der Waals surface area (Å²) in [6.45, 7) is 11.1. The van der Waals surface area contributed by atoms with Crippen LogP contribution in [0.1, 0.15) is 52.9 Å². The van der Waals surface area contributed by atoms with E-state index in [2.05, 4.69) is 36.0 Å². The lowest BCUT2D eigenvalue weighted by Crippen LogP contribution is -2.43. The topological polar surface area (TPSA) is 53.6 Å². The average Bonchev–Trinajstić information content (AvgIpc) is 3.01. The van der Waals surface area contributed by atoms with Crippen LogP contribution < -0.4 is 11.1 Å². The van der Waals surface area contributed by atoms with Crippen LogP contribution in [0.15, 0.2) is 4.99 Å². The minimum atomic E-state index is 0. The number of hydrogen-bond acceptors (Lipinski definition) is 2. The highest BCUT2D eigenvalue weighted by Gasteiger charge is 2.42. The van der Waals surface area contributed by atoms with Gasteiger partial charge in [0.05, 0.1) is 0 Å². The van der Waals surface area contributed by atoms with Gasteiger partial charge in [-0.3, -0.25) is 9.89 Å². The van der Waals surface area contributed by atoms with Crippen molar-refractivity contribution >= 4 is 29.9 Å². The van der Waals surface area contributed by atoms with Gasteiger partial charge in [0, 0.05) is 19.1 Å². The molecule has 2 rings (SSSR count). The number of rotatable bonds is 7. The van der Waals surface area contributed by atoms with Gasteiger partial charge in [0.2, 0.25) is 0 Å². The SMILES string of the molecule is CCN1CCCC1CNC(N)=NCC1(CC(C)C)CC1.I. The van der Waals surface area contributed by atoms with Crippen LogP contribution in [-0.4, -0.2) is 43.1 Å². The van der Waals surface area contributed by atoms with Crippen LogP contribution in [0.4, 0.5) is 0 Å². The first-order valence-corrected chi connectivity index (χ1v) is 8.32. The molecule has 1 atom stereocenters. The van der Waals surface area contributed by atoms with Gasteiger partial charge in [-0.15, -0.1) is 24.0 Å². The maximum Gasteiger partial charge on any atom is 0.188 e. The number of halogens is 1. The molecule has 1 aliphatic carbocycles. The van der Waals surface area contributed by atoms with E-state index >= 15 is 0 Å². The van der Waals surface area contributed by atoms with Crippen LogP contribution in [-0.2, 0) is 0 Å². The zero-order chi connectivity index (χ0) is 14.6. The van der Waals surface area contributed by atoms with Gasteiger partial charge in [-0.05, 0) is 56.5 Å². The Bertz CT molecular complexity index is 339. The summed E-state index contributed by atoms with van der Waals surface area (Å²) in [5.41, 5.74) is 6.50. The molecule has 0 radical (unpaired) electrons. The Morgan fingerprint density at radius 1 is 1.43 bits per heavy atom. The minimum Gasteiger partial charge on any atom is -0.370 e. The van der Waals surface area contributed by atoms with Crippen LogP contribution in [0.2, 0.25) is 0 Å². The van der Waals surface area contributed by atoms with Gasteiger partial charge < -0.3 is 11.1 Å². The summed E-state index contributed by atoms with van der Waals surface area (Å²) in [6.07, 6.45) is 6.54. The van der Waals surface area contributed by atoms with Crippen LogP contribution in [0.5, 0.6) is 0 Å². The van der Waals surface area contributed by atoms with Crippen molar-refractivity contribution in [1.29, 1.82) is 0 Å². The fourth-order valence-corrected chi connectivity index (χ4v) is 3.54. The standard InChI is InChI=1S/C16H32N4.HI/c1-4-20-9-5-6-14(20)11-18-15(17)19-12-16(7-8-16)10-13(2)3;/h13-14H,4-12H2,1-3H3,(H3,17,18,19);1H. The molecular weight excluding hydrogens is 375 g/mol. The number of likely N-dealkylation sites (N-methyl/N-ethyl adjacent to an activating group) is 1. The van der Waals surface area contributed by atoms with E-state index in [-0.39, 0.29) is 24.0 Å². The van der Waals surface area contributed by atoms with Gasteiger partial charge in [0.25, 0.3) is 0 Å². The second kappa shape index (κ2) is 8.56. The molecule has 1 unspecified atom stereocenters. The molecule has 21 heavy (non-hydrogen) atoms. The van der Waals surface area contributed by atoms with E-state index in [0.717, 1.165) is 25.6 Å². The van der Waals surface area contributed by atoms with Crippen LogP contribution in [0, 0.1) is 11.3 Å². The highest BCUT2D eigenvalue weighted by molar-refractivity contribution is 14.0. The molecule has 2 aliphatic rings. The molecule has 1 aliphatic heterocycles. The molecule has 3 N–H and O–H groups in total. The fraction of sp³-hybridized carbons (Fsp3) is 0.938. The first-order valence-electron chi connectivity index (χ1n) is 8.32. The zero-order valence-corrected chi connectivity index (χ0v) is 16.2. The molecule has 0 aromatic heterocycles. The lowest BCUT2D eigenvalue weighted by molar-refractivity contribution is 0.267. The van der Waals surface area contributed by atoms with Crippen molar-refractivity contribution in [3.8, 4) is 0 Å². The molecule has 5 heteroatoms. The molecule has 2 fully saturated rings. The average molecular weight is 408 g/mol. The Hall–Kier alpha value is -0.0400. The number of hydrogen-bond donors (Lipinski definition) is 2. The second-order valence-electron chi connectivity index (χ2n) is 7.10. The predicted octanol–water partition coefficient (Wildman–Crippen LogP) is 2.82. The Morgan fingerprint density at radius 2 is 2.14 bits per heavy atom. The Morgan fingerprint density at radius 3 is 2.71 bits per heavy atom. The van der Waals surface area contributed by atoms with Crippen molar-refractivity contribution in [3.63, 3.8) is 0 Å². The molecule has 1 heterocycles. The molecule has 124 valence electrons. The normalized spacial score (nSPS) is 25.0. The third-order valence-electron chi connectivity index (χ3n) is 4.81. The molecular formula is C16H33IN4. The summed E-state index contributed by atoms with van der Waals surface area (Å²) in [4.78, 5) is 7.12. The molecule has 0 aromatic carbocycles. The first-order chi connectivity index (χ1) is 9.54. The second-order valence-corrected chi connectivity index (χ2v) is 7.10. The zero-order valence-electron chi connectivity index (χ0n) is 13.9. The van der Waals surface area contributed by atoms with Crippen molar-refractivity contribution in [2.24, 2.45) is 22.1 Å². The number of nitrogens with two attached hydrogens (primary N) is 1. The Labute approximate surface area is 147 Å². The predicted molar refractivity (Wildman–Crippen MR) is 101 cm³/mol. The summed E-state index contributed by atoms with van der Waals surface area (Å²) in [5, 5.41) is 3.33. The van der Waals surface area contributed by atoms with Crippen molar-refractivity contribution in [2.75, 3.05) is 26.2 Å². The number of likely N-dealkylation sites (tertiary alicyclic amines) is 1. The lowest BCUT2D eigenvalue weighted by atomic mass is 9.94. The van der Waals surface area contributed by atoms with Crippen molar-refractivity contribution in [3.05, 3.63) is 0 Å². The van der Waals surface area contributed by atoms with E-state index in [1.807, 2.05) is 0 Å². The van der Waals surface area contributed by atoms with E-state index in [0.29, 0.717) is 17.4 Å². The minimum absolute atomic E-state index is 0. The number of guanidine groups is 1. The maximum absolute atomic E-state index is 6.02.